The van der Waals surface area contributed by atoms with Crippen molar-refractivity contribution >= 4 is 5.91 Å². The van der Waals surface area contributed by atoms with E-state index in [1.165, 1.54) is 12.1 Å². The minimum Gasteiger partial charge on any atom is -0.345 e. The van der Waals surface area contributed by atoms with Crippen LogP contribution >= 0.6 is 0 Å². The summed E-state index contributed by atoms with van der Waals surface area (Å²) < 4.78 is 38.7. The summed E-state index contributed by atoms with van der Waals surface area (Å²) in [6.45, 7) is 3.23. The largest absolute Gasteiger partial charge is 0.416 e. The zero-order valence-corrected chi connectivity index (χ0v) is 17.2. The second kappa shape index (κ2) is 10.1. The summed E-state index contributed by atoms with van der Waals surface area (Å²) in [7, 11) is 1.83. The first-order valence-corrected chi connectivity index (χ1v) is 10.3. The Labute approximate surface area is 175 Å². The molecular formula is C23H28F3N3O. The number of pyridine rings is 1. The average Bonchev–Trinajstić information content (AvgIpc) is 2.73. The van der Waals surface area contributed by atoms with Crippen LogP contribution in [0.1, 0.15) is 29.5 Å². The Morgan fingerprint density at radius 3 is 2.77 bits per heavy atom. The molecule has 1 aliphatic heterocycles. The lowest BCUT2D eigenvalue weighted by molar-refractivity contribution is -0.137. The van der Waals surface area contributed by atoms with Crippen molar-refractivity contribution in [2.45, 2.75) is 31.9 Å². The highest BCUT2D eigenvalue weighted by Crippen LogP contribution is 2.29. The summed E-state index contributed by atoms with van der Waals surface area (Å²) in [5.74, 6) is 0.451. The summed E-state index contributed by atoms with van der Waals surface area (Å²) in [6.07, 6.45) is 2.12. The highest BCUT2D eigenvalue weighted by Gasteiger charge is 2.30. The molecule has 0 aliphatic carbocycles. The van der Waals surface area contributed by atoms with Gasteiger partial charge in [-0.1, -0.05) is 24.3 Å². The lowest BCUT2D eigenvalue weighted by atomic mass is 9.96. The van der Waals surface area contributed by atoms with Gasteiger partial charge in [-0.15, -0.1) is 0 Å². The quantitative estimate of drug-likeness (QED) is 0.679. The number of alkyl halides is 3. The van der Waals surface area contributed by atoms with Crippen LogP contribution in [0.5, 0.6) is 0 Å². The minimum atomic E-state index is -4.31. The highest BCUT2D eigenvalue weighted by molar-refractivity contribution is 5.78. The van der Waals surface area contributed by atoms with Gasteiger partial charge < -0.3 is 9.80 Å². The molecule has 7 heteroatoms. The van der Waals surface area contributed by atoms with E-state index in [9.17, 15) is 18.0 Å². The number of hydrogen-bond acceptors (Lipinski definition) is 3. The number of hydrogen-bond donors (Lipinski definition) is 0. The number of carbonyl (C=O) groups is 1. The van der Waals surface area contributed by atoms with Crippen molar-refractivity contribution in [2.75, 3.05) is 33.2 Å². The van der Waals surface area contributed by atoms with Gasteiger partial charge in [-0.2, -0.15) is 13.2 Å². The Bertz CT molecular complexity index is 826. The monoisotopic (exact) mass is 419 g/mol. The fourth-order valence-electron chi connectivity index (χ4n) is 4.00. The molecule has 1 aliphatic rings. The van der Waals surface area contributed by atoms with Crippen LogP contribution in [0, 0.1) is 5.92 Å². The van der Waals surface area contributed by atoms with Crippen LogP contribution in [-0.4, -0.2) is 53.9 Å². The second-order valence-corrected chi connectivity index (χ2v) is 8.07. The van der Waals surface area contributed by atoms with Gasteiger partial charge in [0.1, 0.15) is 0 Å². The summed E-state index contributed by atoms with van der Waals surface area (Å²) in [4.78, 5) is 20.6. The van der Waals surface area contributed by atoms with E-state index < -0.39 is 11.7 Å². The van der Waals surface area contributed by atoms with Crippen LogP contribution in [-0.2, 0) is 23.8 Å². The Balaban J connectivity index is 1.47. The van der Waals surface area contributed by atoms with Crippen LogP contribution < -0.4 is 0 Å². The van der Waals surface area contributed by atoms with Crippen molar-refractivity contribution in [3.8, 4) is 0 Å². The number of likely N-dealkylation sites (tertiary alicyclic amines) is 1. The molecule has 1 aromatic carbocycles. The predicted molar refractivity (Wildman–Crippen MR) is 110 cm³/mol. The van der Waals surface area contributed by atoms with Crippen LogP contribution in [0.4, 0.5) is 13.2 Å². The fraction of sp³-hybridized carbons (Fsp3) is 0.478. The topological polar surface area (TPSA) is 36.4 Å². The van der Waals surface area contributed by atoms with E-state index >= 15 is 0 Å². The lowest BCUT2D eigenvalue weighted by Crippen LogP contribution is -2.42. The summed E-state index contributed by atoms with van der Waals surface area (Å²) in [5.41, 5.74) is 1.02. The first kappa shape index (κ1) is 22.3. The molecule has 0 saturated carbocycles. The molecule has 162 valence electrons. The van der Waals surface area contributed by atoms with Crippen LogP contribution in [0.25, 0.3) is 0 Å². The molecule has 0 spiro atoms. The standard InChI is InChI=1S/C23H28F3N3O/c1-28(22(30)14-19-6-3-10-27-15-19)16-20-7-4-11-29(17-20)12-9-18-5-2-8-21(13-18)23(24,25)26/h2-3,5-6,8,10,13,15,20H,4,7,9,11-12,14,16-17H2,1H3. The first-order valence-electron chi connectivity index (χ1n) is 10.3. The molecule has 1 atom stereocenters. The van der Waals surface area contributed by atoms with Gasteiger partial charge >= 0.3 is 6.18 Å². The van der Waals surface area contributed by atoms with Crippen molar-refractivity contribution < 1.29 is 18.0 Å². The Morgan fingerprint density at radius 1 is 1.23 bits per heavy atom. The number of rotatable bonds is 7. The number of carbonyl (C=O) groups excluding carboxylic acids is 1. The van der Waals surface area contributed by atoms with E-state index in [0.29, 0.717) is 30.9 Å². The van der Waals surface area contributed by atoms with E-state index in [0.717, 1.165) is 44.1 Å². The van der Waals surface area contributed by atoms with Gasteiger partial charge in [-0.3, -0.25) is 9.78 Å². The normalized spacial score (nSPS) is 17.7. The number of halogens is 3. The van der Waals surface area contributed by atoms with Gasteiger partial charge in [-0.25, -0.2) is 0 Å². The number of benzene rings is 1. The number of nitrogens with zero attached hydrogens (tertiary/aromatic N) is 3. The maximum absolute atomic E-state index is 12.9. The van der Waals surface area contributed by atoms with Gasteiger partial charge in [0, 0.05) is 39.1 Å². The fourth-order valence-corrected chi connectivity index (χ4v) is 4.00. The molecule has 30 heavy (non-hydrogen) atoms. The van der Waals surface area contributed by atoms with E-state index in [4.69, 9.17) is 0 Å². The van der Waals surface area contributed by atoms with Gasteiger partial charge in [0.25, 0.3) is 0 Å². The summed E-state index contributed by atoms with van der Waals surface area (Å²) in [5, 5.41) is 0. The zero-order chi connectivity index (χ0) is 21.6. The second-order valence-electron chi connectivity index (χ2n) is 8.07. The molecule has 1 aromatic heterocycles. The van der Waals surface area contributed by atoms with Crippen LogP contribution in [0.2, 0.25) is 0 Å². The van der Waals surface area contributed by atoms with E-state index in [2.05, 4.69) is 9.88 Å². The smallest absolute Gasteiger partial charge is 0.345 e. The maximum Gasteiger partial charge on any atom is 0.416 e. The molecule has 0 bridgehead atoms. The van der Waals surface area contributed by atoms with E-state index in [-0.39, 0.29) is 5.91 Å². The van der Waals surface area contributed by atoms with Crippen molar-refractivity contribution in [3.05, 3.63) is 65.5 Å². The molecule has 3 rings (SSSR count). The Morgan fingerprint density at radius 2 is 2.03 bits per heavy atom. The Hall–Kier alpha value is -2.41. The molecule has 0 N–H and O–H groups in total. The maximum atomic E-state index is 12.9. The van der Waals surface area contributed by atoms with Crippen LogP contribution in [0.3, 0.4) is 0 Å². The van der Waals surface area contributed by atoms with Gasteiger partial charge in [0.05, 0.1) is 12.0 Å². The third-order valence-electron chi connectivity index (χ3n) is 5.61. The van der Waals surface area contributed by atoms with Gasteiger partial charge in [0.15, 0.2) is 0 Å². The molecule has 1 amide bonds. The third-order valence-corrected chi connectivity index (χ3v) is 5.61. The van der Waals surface area contributed by atoms with Crippen molar-refractivity contribution in [3.63, 3.8) is 0 Å². The van der Waals surface area contributed by atoms with E-state index in [1.54, 1.807) is 23.4 Å². The molecule has 2 heterocycles. The van der Waals surface area contributed by atoms with Gasteiger partial charge in [0.2, 0.25) is 5.91 Å². The first-order chi connectivity index (χ1) is 14.3. The summed E-state index contributed by atoms with van der Waals surface area (Å²) >= 11 is 0. The van der Waals surface area contributed by atoms with E-state index in [1.807, 2.05) is 19.2 Å². The third kappa shape index (κ3) is 6.55. The van der Waals surface area contributed by atoms with Crippen LogP contribution in [0.15, 0.2) is 48.8 Å². The highest BCUT2D eigenvalue weighted by atomic mass is 19.4. The molecule has 0 radical (unpaired) electrons. The minimum absolute atomic E-state index is 0.0732. The zero-order valence-electron chi connectivity index (χ0n) is 17.2. The molecular weight excluding hydrogens is 391 g/mol. The number of likely N-dealkylation sites (N-methyl/N-ethyl adjacent to an activating group) is 1. The molecule has 1 saturated heterocycles. The van der Waals surface area contributed by atoms with Crippen molar-refractivity contribution in [1.82, 2.24) is 14.8 Å². The molecule has 1 fully saturated rings. The number of amides is 1. The summed E-state index contributed by atoms with van der Waals surface area (Å²) in [6, 6.07) is 9.30. The van der Waals surface area contributed by atoms with Gasteiger partial charge in [-0.05, 0) is 55.0 Å². The molecule has 4 nitrogen and oxygen atoms in total. The lowest BCUT2D eigenvalue weighted by Gasteiger charge is -2.34. The average molecular weight is 419 g/mol. The Kier molecular flexibility index (Phi) is 7.48. The SMILES string of the molecule is CN(CC1CCCN(CCc2cccc(C(F)(F)F)c2)C1)C(=O)Cc1cccnc1. The molecule has 2 aromatic rings. The predicted octanol–water partition coefficient (Wildman–Crippen LogP) is 4.06. The van der Waals surface area contributed by atoms with Crippen molar-refractivity contribution in [1.29, 1.82) is 0 Å². The van der Waals surface area contributed by atoms with Crippen molar-refractivity contribution in [2.24, 2.45) is 5.92 Å². The number of piperidine rings is 1. The molecule has 1 unspecified atom stereocenters. The number of aromatic nitrogens is 1.